The minimum absolute atomic E-state index is 0.0374. The summed E-state index contributed by atoms with van der Waals surface area (Å²) in [4.78, 5) is 26.5. The fourth-order valence-electron chi connectivity index (χ4n) is 3.49. The molecule has 1 heterocycles. The van der Waals surface area contributed by atoms with Crippen LogP contribution < -0.4 is 5.32 Å². The Morgan fingerprint density at radius 1 is 1.00 bits per heavy atom. The zero-order valence-electron chi connectivity index (χ0n) is 15.1. The van der Waals surface area contributed by atoms with E-state index in [1.165, 1.54) is 4.90 Å². The zero-order chi connectivity index (χ0) is 19.0. The van der Waals surface area contributed by atoms with E-state index in [9.17, 15) is 9.59 Å². The molecule has 3 aromatic rings. The predicted molar refractivity (Wildman–Crippen MR) is 107 cm³/mol. The van der Waals surface area contributed by atoms with Crippen molar-refractivity contribution < 1.29 is 9.59 Å². The summed E-state index contributed by atoms with van der Waals surface area (Å²) in [5.41, 5.74) is 2.98. The minimum Gasteiger partial charge on any atom is -0.348 e. The highest BCUT2D eigenvalue weighted by Gasteiger charge is 2.32. The second-order valence-corrected chi connectivity index (χ2v) is 6.78. The van der Waals surface area contributed by atoms with Crippen LogP contribution in [0.3, 0.4) is 0 Å². The quantitative estimate of drug-likeness (QED) is 0.764. The molecule has 0 saturated carbocycles. The van der Waals surface area contributed by atoms with Crippen molar-refractivity contribution in [3.8, 4) is 0 Å². The molecule has 1 aliphatic rings. The number of hydrogen-bond donors (Lipinski definition) is 1. The monoisotopic (exact) mass is 356 g/mol. The first-order chi connectivity index (χ1) is 13.0. The Morgan fingerprint density at radius 3 is 2.41 bits per heavy atom. The van der Waals surface area contributed by atoms with Gasteiger partial charge in [-0.05, 0) is 35.4 Å². The van der Waals surface area contributed by atoms with Crippen LogP contribution in [-0.4, -0.2) is 23.3 Å². The Morgan fingerprint density at radius 2 is 1.67 bits per heavy atom. The van der Waals surface area contributed by atoms with Crippen LogP contribution in [0.2, 0.25) is 0 Å². The van der Waals surface area contributed by atoms with Gasteiger partial charge in [0.1, 0.15) is 6.54 Å². The number of nitrogens with zero attached hydrogens (tertiary/aromatic N) is 1. The normalized spacial score (nSPS) is 14.3. The van der Waals surface area contributed by atoms with E-state index in [0.29, 0.717) is 11.3 Å². The van der Waals surface area contributed by atoms with Gasteiger partial charge in [0.05, 0.1) is 6.04 Å². The summed E-state index contributed by atoms with van der Waals surface area (Å²) in [6.07, 6.45) is 0. The molecule has 0 aromatic heterocycles. The predicted octanol–water partition coefficient (Wildman–Crippen LogP) is 4.14. The second-order valence-electron chi connectivity index (χ2n) is 6.78. The van der Waals surface area contributed by atoms with Crippen molar-refractivity contribution >= 4 is 28.3 Å². The van der Waals surface area contributed by atoms with Crippen LogP contribution in [0.25, 0.3) is 16.5 Å². The van der Waals surface area contributed by atoms with E-state index in [1.807, 2.05) is 43.3 Å². The van der Waals surface area contributed by atoms with Gasteiger partial charge in [0.2, 0.25) is 5.91 Å². The van der Waals surface area contributed by atoms with E-state index in [0.717, 1.165) is 21.9 Å². The highest BCUT2D eigenvalue weighted by molar-refractivity contribution is 6.10. The number of nitrogens with one attached hydrogen (secondary N) is 1. The number of carbonyl (C=O) groups is 2. The molecule has 3 aromatic carbocycles. The summed E-state index contributed by atoms with van der Waals surface area (Å²) in [7, 11) is 0. The zero-order valence-corrected chi connectivity index (χ0v) is 15.1. The van der Waals surface area contributed by atoms with Gasteiger partial charge >= 0.3 is 0 Å². The van der Waals surface area contributed by atoms with E-state index < -0.39 is 0 Å². The van der Waals surface area contributed by atoms with E-state index in [2.05, 4.69) is 36.2 Å². The number of rotatable bonds is 4. The van der Waals surface area contributed by atoms with Crippen LogP contribution in [-0.2, 0) is 4.79 Å². The standard InChI is InChI=1S/C23H20N2O2/c1-15(18-12-11-17-7-3-4-8-19(17)13-18)24-22(26)14-25-16(2)20-9-5-6-10-21(20)23(25)27/h3-13,15H,2,14H2,1H3,(H,24,26). The van der Waals surface area contributed by atoms with Crippen molar-refractivity contribution in [1.29, 1.82) is 0 Å². The molecule has 0 bridgehead atoms. The molecule has 1 atom stereocenters. The summed E-state index contributed by atoms with van der Waals surface area (Å²) in [5.74, 6) is -0.387. The molecule has 134 valence electrons. The summed E-state index contributed by atoms with van der Waals surface area (Å²) >= 11 is 0. The number of carbonyl (C=O) groups excluding carboxylic acids is 2. The van der Waals surface area contributed by atoms with Crippen LogP contribution >= 0.6 is 0 Å². The SMILES string of the molecule is C=C1c2ccccc2C(=O)N1CC(=O)NC(C)c1ccc2ccccc2c1. The molecule has 0 aliphatic carbocycles. The lowest BCUT2D eigenvalue weighted by atomic mass is 10.0. The average molecular weight is 356 g/mol. The fourth-order valence-corrected chi connectivity index (χ4v) is 3.49. The van der Waals surface area contributed by atoms with Gasteiger partial charge in [-0.15, -0.1) is 0 Å². The second kappa shape index (κ2) is 6.72. The van der Waals surface area contributed by atoms with Crippen LogP contribution in [0.5, 0.6) is 0 Å². The summed E-state index contributed by atoms with van der Waals surface area (Å²) in [6.45, 7) is 5.88. The van der Waals surface area contributed by atoms with Gasteiger partial charge in [-0.3, -0.25) is 14.5 Å². The molecule has 2 amide bonds. The van der Waals surface area contributed by atoms with E-state index in [4.69, 9.17) is 0 Å². The Bertz CT molecular complexity index is 1040. The molecule has 1 aliphatic heterocycles. The molecule has 0 fully saturated rings. The summed E-state index contributed by atoms with van der Waals surface area (Å²) < 4.78 is 0. The Kier molecular flexibility index (Phi) is 4.24. The van der Waals surface area contributed by atoms with Crippen molar-refractivity contribution in [2.24, 2.45) is 0 Å². The van der Waals surface area contributed by atoms with Crippen molar-refractivity contribution in [3.05, 3.63) is 90.0 Å². The highest BCUT2D eigenvalue weighted by atomic mass is 16.2. The van der Waals surface area contributed by atoms with E-state index in [-0.39, 0.29) is 24.4 Å². The maximum absolute atomic E-state index is 12.5. The molecule has 4 nitrogen and oxygen atoms in total. The van der Waals surface area contributed by atoms with E-state index >= 15 is 0 Å². The van der Waals surface area contributed by atoms with Crippen molar-refractivity contribution in [2.75, 3.05) is 6.54 Å². The molecule has 0 radical (unpaired) electrons. The lowest BCUT2D eigenvalue weighted by Gasteiger charge is -2.20. The van der Waals surface area contributed by atoms with Gasteiger partial charge in [0.25, 0.3) is 5.91 Å². The number of hydrogen-bond acceptors (Lipinski definition) is 2. The van der Waals surface area contributed by atoms with Crippen LogP contribution in [0.4, 0.5) is 0 Å². The maximum atomic E-state index is 12.5. The average Bonchev–Trinajstić information content (AvgIpc) is 2.92. The Labute approximate surface area is 158 Å². The topological polar surface area (TPSA) is 49.4 Å². The maximum Gasteiger partial charge on any atom is 0.259 e. The van der Waals surface area contributed by atoms with Gasteiger partial charge < -0.3 is 5.32 Å². The molecule has 0 spiro atoms. The molecule has 0 saturated heterocycles. The Hall–Kier alpha value is -3.40. The molecule has 4 rings (SSSR count). The van der Waals surface area contributed by atoms with Gasteiger partial charge in [0.15, 0.2) is 0 Å². The smallest absolute Gasteiger partial charge is 0.259 e. The third kappa shape index (κ3) is 3.10. The van der Waals surface area contributed by atoms with E-state index in [1.54, 1.807) is 6.07 Å². The van der Waals surface area contributed by atoms with Crippen LogP contribution in [0.15, 0.2) is 73.3 Å². The molecule has 4 heteroatoms. The van der Waals surface area contributed by atoms with Gasteiger partial charge in [-0.1, -0.05) is 61.2 Å². The third-order valence-corrected chi connectivity index (χ3v) is 4.99. The molecular formula is C23H20N2O2. The summed E-state index contributed by atoms with van der Waals surface area (Å²) in [6, 6.07) is 21.4. The van der Waals surface area contributed by atoms with Crippen molar-refractivity contribution in [3.63, 3.8) is 0 Å². The largest absolute Gasteiger partial charge is 0.348 e. The molecule has 1 N–H and O–H groups in total. The third-order valence-electron chi connectivity index (χ3n) is 4.99. The lowest BCUT2D eigenvalue weighted by molar-refractivity contribution is -0.121. The summed E-state index contributed by atoms with van der Waals surface area (Å²) in [5, 5.41) is 5.28. The van der Waals surface area contributed by atoms with Crippen molar-refractivity contribution in [1.82, 2.24) is 10.2 Å². The van der Waals surface area contributed by atoms with Gasteiger partial charge in [-0.2, -0.15) is 0 Å². The van der Waals surface area contributed by atoms with Crippen LogP contribution in [0, 0.1) is 0 Å². The van der Waals surface area contributed by atoms with Crippen molar-refractivity contribution in [2.45, 2.75) is 13.0 Å². The highest BCUT2D eigenvalue weighted by Crippen LogP contribution is 2.30. The fraction of sp³-hybridized carbons (Fsp3) is 0.130. The first-order valence-electron chi connectivity index (χ1n) is 8.93. The molecular weight excluding hydrogens is 336 g/mol. The first-order valence-corrected chi connectivity index (χ1v) is 8.93. The van der Waals surface area contributed by atoms with Gasteiger partial charge in [-0.25, -0.2) is 0 Å². The first kappa shape index (κ1) is 17.0. The number of benzene rings is 3. The van der Waals surface area contributed by atoms with Crippen LogP contribution in [0.1, 0.15) is 34.5 Å². The lowest BCUT2D eigenvalue weighted by Crippen LogP contribution is -2.37. The Balaban J connectivity index is 1.46. The number of amides is 2. The van der Waals surface area contributed by atoms with Gasteiger partial charge in [0, 0.05) is 16.8 Å². The minimum atomic E-state index is -0.210. The molecule has 27 heavy (non-hydrogen) atoms. The number of fused-ring (bicyclic) bond motifs is 2. The molecule has 1 unspecified atom stereocenters.